The number of aromatic nitrogens is 4. The molecule has 0 aliphatic rings. The van der Waals surface area contributed by atoms with Crippen LogP contribution in [-0.2, 0) is 13.5 Å². The standard InChI is InChI=1S/C11H15N5S/c1-8(12)7-9-5-3-4-6-10(9)17-11-13-14-15-16(11)2/h3-6,8H,7,12H2,1-2H3. The maximum absolute atomic E-state index is 5.84. The molecule has 0 bridgehead atoms. The van der Waals surface area contributed by atoms with Crippen LogP contribution >= 0.6 is 11.8 Å². The topological polar surface area (TPSA) is 69.6 Å². The Morgan fingerprint density at radius 1 is 1.41 bits per heavy atom. The van der Waals surface area contributed by atoms with Crippen molar-refractivity contribution in [3.05, 3.63) is 29.8 Å². The summed E-state index contributed by atoms with van der Waals surface area (Å²) in [5.74, 6) is 0. The van der Waals surface area contributed by atoms with Gasteiger partial charge in [0.2, 0.25) is 5.16 Å². The minimum atomic E-state index is 0.148. The molecule has 0 amide bonds. The first-order chi connectivity index (χ1) is 8.16. The summed E-state index contributed by atoms with van der Waals surface area (Å²) in [7, 11) is 1.83. The third-order valence-electron chi connectivity index (χ3n) is 2.30. The van der Waals surface area contributed by atoms with Crippen LogP contribution in [0, 0.1) is 0 Å². The highest BCUT2D eigenvalue weighted by Gasteiger charge is 2.09. The van der Waals surface area contributed by atoms with Crippen LogP contribution in [0.1, 0.15) is 12.5 Å². The zero-order chi connectivity index (χ0) is 12.3. The number of rotatable bonds is 4. The number of nitrogens with two attached hydrogens (primary N) is 1. The number of tetrazole rings is 1. The van der Waals surface area contributed by atoms with Gasteiger partial charge in [-0.1, -0.05) is 18.2 Å². The van der Waals surface area contributed by atoms with Crippen molar-refractivity contribution >= 4 is 11.8 Å². The van der Waals surface area contributed by atoms with Crippen LogP contribution in [-0.4, -0.2) is 26.2 Å². The van der Waals surface area contributed by atoms with Crippen molar-refractivity contribution in [2.75, 3.05) is 0 Å². The molecule has 1 aromatic carbocycles. The third kappa shape index (κ3) is 3.04. The van der Waals surface area contributed by atoms with E-state index in [1.54, 1.807) is 16.4 Å². The highest BCUT2D eigenvalue weighted by atomic mass is 32.2. The molecule has 0 spiro atoms. The van der Waals surface area contributed by atoms with E-state index in [0.717, 1.165) is 16.5 Å². The first-order valence-corrected chi connectivity index (χ1v) is 6.22. The summed E-state index contributed by atoms with van der Waals surface area (Å²) in [6.07, 6.45) is 0.856. The summed E-state index contributed by atoms with van der Waals surface area (Å²) < 4.78 is 1.66. The molecule has 2 aromatic rings. The lowest BCUT2D eigenvalue weighted by molar-refractivity contribution is 0.664. The van der Waals surface area contributed by atoms with Gasteiger partial charge in [0.05, 0.1) is 0 Å². The van der Waals surface area contributed by atoms with Gasteiger partial charge in [0.1, 0.15) is 0 Å². The van der Waals surface area contributed by atoms with Gasteiger partial charge in [-0.25, -0.2) is 4.68 Å². The van der Waals surface area contributed by atoms with E-state index >= 15 is 0 Å². The van der Waals surface area contributed by atoms with Gasteiger partial charge in [0.25, 0.3) is 0 Å². The Kier molecular flexibility index (Phi) is 3.75. The Morgan fingerprint density at radius 3 is 2.82 bits per heavy atom. The first kappa shape index (κ1) is 12.1. The minimum absolute atomic E-state index is 0.148. The van der Waals surface area contributed by atoms with E-state index in [9.17, 15) is 0 Å². The molecule has 1 unspecified atom stereocenters. The summed E-state index contributed by atoms with van der Waals surface area (Å²) in [6.45, 7) is 2.01. The normalized spacial score (nSPS) is 12.6. The summed E-state index contributed by atoms with van der Waals surface area (Å²) in [5, 5.41) is 12.2. The Labute approximate surface area is 104 Å². The Morgan fingerprint density at radius 2 is 2.18 bits per heavy atom. The average molecular weight is 249 g/mol. The molecule has 2 rings (SSSR count). The van der Waals surface area contributed by atoms with Crippen molar-refractivity contribution in [3.8, 4) is 0 Å². The van der Waals surface area contributed by atoms with Crippen LogP contribution in [0.25, 0.3) is 0 Å². The van der Waals surface area contributed by atoms with Crippen molar-refractivity contribution in [2.24, 2.45) is 12.8 Å². The predicted octanol–water partition coefficient (Wildman–Crippen LogP) is 1.25. The molecule has 1 aromatic heterocycles. The molecule has 0 saturated heterocycles. The molecule has 0 fully saturated rings. The molecule has 17 heavy (non-hydrogen) atoms. The van der Waals surface area contributed by atoms with Crippen LogP contribution in [0.2, 0.25) is 0 Å². The van der Waals surface area contributed by atoms with Crippen LogP contribution in [0.5, 0.6) is 0 Å². The van der Waals surface area contributed by atoms with Gasteiger partial charge in [0, 0.05) is 18.0 Å². The molecule has 6 heteroatoms. The van der Waals surface area contributed by atoms with Gasteiger partial charge in [0.15, 0.2) is 0 Å². The van der Waals surface area contributed by atoms with E-state index in [1.165, 1.54) is 5.56 Å². The molecule has 0 radical (unpaired) electrons. The summed E-state index contributed by atoms with van der Waals surface area (Å²) in [6, 6.07) is 8.34. The van der Waals surface area contributed by atoms with Gasteiger partial charge in [-0.2, -0.15) is 0 Å². The second-order valence-corrected chi connectivity index (χ2v) is 4.99. The first-order valence-electron chi connectivity index (χ1n) is 5.40. The SMILES string of the molecule is CC(N)Cc1ccccc1Sc1nnnn1C. The second kappa shape index (κ2) is 5.29. The molecule has 90 valence electrons. The zero-order valence-corrected chi connectivity index (χ0v) is 10.7. The van der Waals surface area contributed by atoms with E-state index in [2.05, 4.69) is 27.7 Å². The molecule has 0 aliphatic heterocycles. The second-order valence-electron chi connectivity index (χ2n) is 3.98. The molecular formula is C11H15N5S. The van der Waals surface area contributed by atoms with Crippen molar-refractivity contribution in [2.45, 2.75) is 29.4 Å². The summed E-state index contributed by atoms with van der Waals surface area (Å²) >= 11 is 1.56. The van der Waals surface area contributed by atoms with Gasteiger partial charge in [-0.15, -0.1) is 5.10 Å². The van der Waals surface area contributed by atoms with E-state index in [0.29, 0.717) is 0 Å². The van der Waals surface area contributed by atoms with Crippen LogP contribution in [0.3, 0.4) is 0 Å². The zero-order valence-electron chi connectivity index (χ0n) is 9.87. The lowest BCUT2D eigenvalue weighted by atomic mass is 10.1. The Balaban J connectivity index is 2.23. The smallest absolute Gasteiger partial charge is 0.213 e. The monoisotopic (exact) mass is 249 g/mol. The van der Waals surface area contributed by atoms with E-state index in [-0.39, 0.29) is 6.04 Å². The molecule has 2 N–H and O–H groups in total. The molecule has 1 heterocycles. The fourth-order valence-corrected chi connectivity index (χ4v) is 2.40. The van der Waals surface area contributed by atoms with Crippen molar-refractivity contribution in [1.29, 1.82) is 0 Å². The van der Waals surface area contributed by atoms with Crippen molar-refractivity contribution < 1.29 is 0 Å². The molecule has 1 atom stereocenters. The molecule has 5 nitrogen and oxygen atoms in total. The van der Waals surface area contributed by atoms with Gasteiger partial charge >= 0.3 is 0 Å². The fraction of sp³-hybridized carbons (Fsp3) is 0.364. The fourth-order valence-electron chi connectivity index (χ4n) is 1.52. The summed E-state index contributed by atoms with van der Waals surface area (Å²) in [4.78, 5) is 1.16. The lowest BCUT2D eigenvalue weighted by Crippen LogP contribution is -2.18. The number of benzene rings is 1. The van der Waals surface area contributed by atoms with Crippen molar-refractivity contribution in [3.63, 3.8) is 0 Å². The maximum atomic E-state index is 5.84. The van der Waals surface area contributed by atoms with E-state index in [4.69, 9.17) is 5.73 Å². The number of hydrogen-bond acceptors (Lipinski definition) is 5. The largest absolute Gasteiger partial charge is 0.328 e. The highest BCUT2D eigenvalue weighted by molar-refractivity contribution is 7.99. The average Bonchev–Trinajstić information content (AvgIpc) is 2.67. The lowest BCUT2D eigenvalue weighted by Gasteiger charge is -2.10. The maximum Gasteiger partial charge on any atom is 0.213 e. The van der Waals surface area contributed by atoms with Gasteiger partial charge in [-0.05, 0) is 47.2 Å². The molecular weight excluding hydrogens is 234 g/mol. The van der Waals surface area contributed by atoms with Gasteiger partial charge < -0.3 is 5.73 Å². The Bertz CT molecular complexity index is 494. The van der Waals surface area contributed by atoms with Gasteiger partial charge in [-0.3, -0.25) is 0 Å². The number of nitrogens with zero attached hydrogens (tertiary/aromatic N) is 4. The number of hydrogen-bond donors (Lipinski definition) is 1. The van der Waals surface area contributed by atoms with Crippen molar-refractivity contribution in [1.82, 2.24) is 20.2 Å². The predicted molar refractivity (Wildman–Crippen MR) is 66.7 cm³/mol. The van der Waals surface area contributed by atoms with Crippen LogP contribution in [0.15, 0.2) is 34.3 Å². The Hall–Kier alpha value is -1.40. The minimum Gasteiger partial charge on any atom is -0.328 e. The molecule has 0 saturated carbocycles. The molecule has 0 aliphatic carbocycles. The summed E-state index contributed by atoms with van der Waals surface area (Å²) in [5.41, 5.74) is 7.07. The van der Waals surface area contributed by atoms with E-state index in [1.807, 2.05) is 26.1 Å². The third-order valence-corrected chi connectivity index (χ3v) is 3.44. The quantitative estimate of drug-likeness (QED) is 0.883. The van der Waals surface area contributed by atoms with Crippen LogP contribution in [0.4, 0.5) is 0 Å². The highest BCUT2D eigenvalue weighted by Crippen LogP contribution is 2.28. The van der Waals surface area contributed by atoms with E-state index < -0.39 is 0 Å². The number of aryl methyl sites for hydroxylation is 1. The van der Waals surface area contributed by atoms with Crippen LogP contribution < -0.4 is 5.73 Å².